The smallest absolute Gasteiger partial charge is 0.345 e. The number of nitrogens with two attached hydrogens (primary N) is 1. The average molecular weight is 491 g/mol. The lowest BCUT2D eigenvalue weighted by molar-refractivity contribution is -0.118. The number of ether oxygens (including phenoxy) is 1. The zero-order valence-electron chi connectivity index (χ0n) is 18.8. The molecule has 1 atom stereocenters. The van der Waals surface area contributed by atoms with Crippen molar-refractivity contribution in [1.29, 1.82) is 0 Å². The summed E-state index contributed by atoms with van der Waals surface area (Å²) in [5, 5.41) is 6.93. The van der Waals surface area contributed by atoms with Crippen LogP contribution in [0.5, 0.6) is 0 Å². The predicted molar refractivity (Wildman–Crippen MR) is 125 cm³/mol. The summed E-state index contributed by atoms with van der Waals surface area (Å²) in [6.07, 6.45) is 4.50. The number of hydrogen-bond acceptors (Lipinski definition) is 7. The maximum atomic E-state index is 13.3. The topological polar surface area (TPSA) is 138 Å². The Morgan fingerprint density at radius 1 is 1.21 bits per heavy atom. The number of hydrogen-bond donors (Lipinski definition) is 2. The molecule has 1 aromatic rings. The van der Waals surface area contributed by atoms with Crippen molar-refractivity contribution in [3.05, 3.63) is 63.4 Å². The first-order valence-corrected chi connectivity index (χ1v) is 11.3. The van der Waals surface area contributed by atoms with E-state index in [-0.39, 0.29) is 13.1 Å². The van der Waals surface area contributed by atoms with E-state index in [0.29, 0.717) is 24.5 Å². The molecule has 3 rings (SSSR count). The molecule has 1 fully saturated rings. The summed E-state index contributed by atoms with van der Waals surface area (Å²) in [7, 11) is 0. The molecule has 0 saturated carbocycles. The molecule has 0 radical (unpaired) electrons. The summed E-state index contributed by atoms with van der Waals surface area (Å²) >= 11 is 5.97. The van der Waals surface area contributed by atoms with Gasteiger partial charge in [-0.2, -0.15) is 0 Å². The van der Waals surface area contributed by atoms with Gasteiger partial charge in [-0.05, 0) is 42.7 Å². The number of carbonyl (C=O) groups excluding carboxylic acids is 3. The first-order valence-electron chi connectivity index (χ1n) is 10.9. The van der Waals surface area contributed by atoms with Crippen LogP contribution in [0, 0.1) is 4.91 Å². The maximum absolute atomic E-state index is 13.3. The Morgan fingerprint density at radius 2 is 1.94 bits per heavy atom. The molecule has 12 heteroatoms. The summed E-state index contributed by atoms with van der Waals surface area (Å²) in [5.41, 5.74) is 1.53. The number of urea groups is 2. The second-order valence-corrected chi connectivity index (χ2v) is 8.24. The van der Waals surface area contributed by atoms with E-state index in [1.807, 2.05) is 19.1 Å². The molecule has 3 N–H and O–H groups in total. The lowest BCUT2D eigenvalue weighted by Gasteiger charge is -2.45. The summed E-state index contributed by atoms with van der Waals surface area (Å²) in [4.78, 5) is 50.1. The molecule has 1 aromatic carbocycles. The van der Waals surface area contributed by atoms with Crippen LogP contribution in [0.25, 0.3) is 0 Å². The minimum Gasteiger partial charge on any atom is -0.498 e. The third-order valence-electron chi connectivity index (χ3n) is 5.32. The summed E-state index contributed by atoms with van der Waals surface area (Å²) in [6, 6.07) is 5.45. The summed E-state index contributed by atoms with van der Waals surface area (Å²) in [5.74, 6) is 6.02. The Hall–Kier alpha value is -3.44. The number of hydrazine groups is 1. The zero-order chi connectivity index (χ0) is 24.7. The Kier molecular flexibility index (Phi) is 8.61. The molecule has 1 aliphatic heterocycles. The summed E-state index contributed by atoms with van der Waals surface area (Å²) in [6.45, 7) is 2.46. The van der Waals surface area contributed by atoms with E-state index in [0.717, 1.165) is 33.3 Å². The van der Waals surface area contributed by atoms with E-state index in [1.54, 1.807) is 24.3 Å². The number of benzene rings is 1. The Labute approximate surface area is 202 Å². The van der Waals surface area contributed by atoms with Gasteiger partial charge in [0.1, 0.15) is 0 Å². The molecule has 0 bridgehead atoms. The fraction of sp³-hybridized carbons (Fsp3) is 0.409. The minimum atomic E-state index is -0.982. The van der Waals surface area contributed by atoms with Gasteiger partial charge >= 0.3 is 12.1 Å². The quantitative estimate of drug-likeness (QED) is 0.291. The van der Waals surface area contributed by atoms with Crippen molar-refractivity contribution >= 4 is 29.6 Å². The zero-order valence-corrected chi connectivity index (χ0v) is 19.5. The Balaban J connectivity index is 1.83. The molecular formula is C22H27ClN6O5. The first kappa shape index (κ1) is 25.2. The molecule has 1 saturated heterocycles. The second-order valence-electron chi connectivity index (χ2n) is 7.80. The number of halogens is 1. The molecule has 0 spiro atoms. The highest BCUT2D eigenvalue weighted by Crippen LogP contribution is 2.23. The Bertz CT molecular complexity index is 996. The highest BCUT2D eigenvalue weighted by atomic mass is 35.5. The molecule has 182 valence electrons. The van der Waals surface area contributed by atoms with Gasteiger partial charge in [0, 0.05) is 28.9 Å². The molecule has 5 amide bonds. The van der Waals surface area contributed by atoms with Crippen LogP contribution in [0.4, 0.5) is 9.59 Å². The number of allylic oxidation sites excluding steroid dienone is 4. The van der Waals surface area contributed by atoms with E-state index in [4.69, 9.17) is 22.2 Å². The van der Waals surface area contributed by atoms with E-state index < -0.39 is 30.7 Å². The molecule has 1 aliphatic carbocycles. The van der Waals surface area contributed by atoms with E-state index in [9.17, 15) is 19.3 Å². The van der Waals surface area contributed by atoms with Gasteiger partial charge in [-0.15, -0.1) is 4.91 Å². The van der Waals surface area contributed by atoms with Gasteiger partial charge in [-0.25, -0.2) is 25.3 Å². The van der Waals surface area contributed by atoms with Gasteiger partial charge in [0.2, 0.25) is 0 Å². The van der Waals surface area contributed by atoms with Crippen molar-refractivity contribution in [2.45, 2.75) is 45.4 Å². The van der Waals surface area contributed by atoms with Gasteiger partial charge in [0.15, 0.2) is 6.29 Å². The van der Waals surface area contributed by atoms with E-state index in [1.165, 1.54) is 4.90 Å². The average Bonchev–Trinajstić information content (AvgIpc) is 2.85. The van der Waals surface area contributed by atoms with Crippen molar-refractivity contribution in [2.75, 3.05) is 13.2 Å². The van der Waals surface area contributed by atoms with Gasteiger partial charge in [-0.3, -0.25) is 9.69 Å². The fourth-order valence-corrected chi connectivity index (χ4v) is 3.65. The largest absolute Gasteiger partial charge is 0.498 e. The van der Waals surface area contributed by atoms with Gasteiger partial charge in [0.25, 0.3) is 5.91 Å². The van der Waals surface area contributed by atoms with Crippen molar-refractivity contribution in [3.63, 3.8) is 0 Å². The van der Waals surface area contributed by atoms with Crippen molar-refractivity contribution in [3.8, 4) is 0 Å². The number of carbonyl (C=O) groups is 3. The minimum absolute atomic E-state index is 0.110. The highest BCUT2D eigenvalue weighted by molar-refractivity contribution is 6.30. The fourth-order valence-electron chi connectivity index (χ4n) is 3.53. The molecule has 1 heterocycles. The number of nitrogens with zero attached hydrogens (tertiary/aromatic N) is 4. The van der Waals surface area contributed by atoms with Crippen LogP contribution in [0.15, 0.2) is 53.1 Å². The van der Waals surface area contributed by atoms with Crippen molar-refractivity contribution < 1.29 is 19.1 Å². The van der Waals surface area contributed by atoms with Crippen LogP contribution < -0.4 is 11.2 Å². The molecule has 2 aliphatic rings. The molecule has 0 aromatic heterocycles. The highest BCUT2D eigenvalue weighted by Gasteiger charge is 2.43. The number of nitroso groups, excluding NO2 is 1. The van der Waals surface area contributed by atoms with Crippen molar-refractivity contribution in [2.24, 2.45) is 11.0 Å². The maximum Gasteiger partial charge on any atom is 0.345 e. The second kappa shape index (κ2) is 11.6. The molecule has 11 nitrogen and oxygen atoms in total. The normalized spacial score (nSPS) is 18.4. The predicted octanol–water partition coefficient (Wildman–Crippen LogP) is 3.42. The van der Waals surface area contributed by atoms with Crippen LogP contribution in [0.3, 0.4) is 0 Å². The third kappa shape index (κ3) is 6.12. The standard InChI is InChI=1S/C22H27ClN6O5/c1-2-13-34-18-9-7-17(8-10-18)25-20-28(14-15-3-5-16(23)6-4-15)21(31)27(22(32)29(20)24)12-11-19(30)26-33/h3-7,9,20,25H,2,8,10-14,24H2,1H3. The summed E-state index contributed by atoms with van der Waals surface area (Å²) < 4.78 is 5.67. The number of imide groups is 1. The number of amides is 5. The van der Waals surface area contributed by atoms with E-state index >= 15 is 0 Å². The van der Waals surface area contributed by atoms with Crippen LogP contribution in [0.1, 0.15) is 38.2 Å². The van der Waals surface area contributed by atoms with E-state index in [2.05, 4.69) is 10.5 Å². The first-order chi connectivity index (χ1) is 16.3. The molecular weight excluding hydrogens is 464 g/mol. The molecule has 34 heavy (non-hydrogen) atoms. The van der Waals surface area contributed by atoms with Crippen LogP contribution in [-0.4, -0.2) is 52.2 Å². The third-order valence-corrected chi connectivity index (χ3v) is 5.57. The lowest BCUT2D eigenvalue weighted by Crippen LogP contribution is -2.71. The number of rotatable bonds is 10. The SMILES string of the molecule is CCCOC1=CC=C(NC2N(N)C(=O)N(CCC(=O)N=O)C(=O)N2Cc2ccc(Cl)cc2)CC1. The van der Waals surface area contributed by atoms with Gasteiger partial charge < -0.3 is 10.1 Å². The monoisotopic (exact) mass is 490 g/mol. The van der Waals surface area contributed by atoms with Crippen LogP contribution in [0.2, 0.25) is 5.02 Å². The number of nitrogens with one attached hydrogen (secondary N) is 1. The lowest BCUT2D eigenvalue weighted by atomic mass is 10.1. The van der Waals surface area contributed by atoms with Crippen molar-refractivity contribution in [1.82, 2.24) is 20.1 Å². The Morgan fingerprint density at radius 3 is 2.56 bits per heavy atom. The molecule has 1 unspecified atom stereocenters. The van der Waals surface area contributed by atoms with Crippen LogP contribution in [-0.2, 0) is 16.1 Å². The van der Waals surface area contributed by atoms with Gasteiger partial charge in [-0.1, -0.05) is 30.7 Å². The van der Waals surface area contributed by atoms with Gasteiger partial charge in [0.05, 0.1) is 25.3 Å². The van der Waals surface area contributed by atoms with Crippen LogP contribution >= 0.6 is 11.6 Å².